The van der Waals surface area contributed by atoms with E-state index in [1.165, 1.54) is 38.5 Å². The summed E-state index contributed by atoms with van der Waals surface area (Å²) in [7, 11) is 0. The van der Waals surface area contributed by atoms with Crippen LogP contribution in [-0.2, 0) is 0 Å². The molecule has 0 saturated carbocycles. The van der Waals surface area contributed by atoms with Gasteiger partial charge in [0.25, 0.3) is 5.79 Å². The molecule has 1 heterocycles. The lowest BCUT2D eigenvalue weighted by Crippen LogP contribution is -2.38. The van der Waals surface area contributed by atoms with Crippen molar-refractivity contribution >= 4 is 0 Å². The van der Waals surface area contributed by atoms with E-state index in [4.69, 9.17) is 9.47 Å². The van der Waals surface area contributed by atoms with E-state index in [-0.39, 0.29) is 0 Å². The van der Waals surface area contributed by atoms with Gasteiger partial charge in [0.05, 0.1) is 11.1 Å². The molecule has 0 N–H and O–H groups in total. The van der Waals surface area contributed by atoms with Crippen molar-refractivity contribution in [2.24, 2.45) is 0 Å². The van der Waals surface area contributed by atoms with Gasteiger partial charge in [-0.15, -0.1) is 0 Å². The van der Waals surface area contributed by atoms with Gasteiger partial charge in [-0.05, 0) is 12.8 Å². The first-order valence-electron chi connectivity index (χ1n) is 9.54. The number of benzene rings is 1. The molecule has 2 rings (SSSR count). The minimum Gasteiger partial charge on any atom is -0.448 e. The number of nitrogens with zero attached hydrogens (tertiary/aromatic N) is 2. The highest BCUT2D eigenvalue weighted by molar-refractivity contribution is 5.57. The van der Waals surface area contributed by atoms with Crippen LogP contribution in [0.1, 0.15) is 89.2 Å². The molecular weight excluding hydrogens is 312 g/mol. The fourth-order valence-corrected chi connectivity index (χ4v) is 3.30. The Bertz CT molecular complexity index is 598. The number of unbranched alkanes of at least 4 members (excludes halogenated alkanes) is 6. The summed E-state index contributed by atoms with van der Waals surface area (Å²) >= 11 is 0. The van der Waals surface area contributed by atoms with Crippen molar-refractivity contribution in [3.63, 3.8) is 0 Å². The third-order valence-electron chi connectivity index (χ3n) is 4.74. The topological polar surface area (TPSA) is 66.0 Å². The molecule has 0 unspecified atom stereocenters. The molecule has 1 aliphatic heterocycles. The first kappa shape index (κ1) is 19.1. The molecule has 0 fully saturated rings. The quantitative estimate of drug-likeness (QED) is 0.502. The van der Waals surface area contributed by atoms with Gasteiger partial charge in [-0.3, -0.25) is 0 Å². The Balaban J connectivity index is 2.13. The summed E-state index contributed by atoms with van der Waals surface area (Å²) in [5.74, 6) is 0.563. The summed E-state index contributed by atoms with van der Waals surface area (Å²) in [6.45, 7) is 4.40. The Morgan fingerprint density at radius 2 is 1.20 bits per heavy atom. The minimum absolute atomic E-state index is 0.345. The fraction of sp³-hybridized carbons (Fsp3) is 0.619. The Labute approximate surface area is 151 Å². The lowest BCUT2D eigenvalue weighted by molar-refractivity contribution is -0.0949. The zero-order chi connectivity index (χ0) is 18.1. The van der Waals surface area contributed by atoms with Crippen molar-refractivity contribution < 1.29 is 9.47 Å². The first-order valence-corrected chi connectivity index (χ1v) is 9.54. The Kier molecular flexibility index (Phi) is 7.14. The largest absolute Gasteiger partial charge is 0.448 e. The molecule has 0 spiro atoms. The third-order valence-corrected chi connectivity index (χ3v) is 4.74. The summed E-state index contributed by atoms with van der Waals surface area (Å²) in [6.07, 6.45) is 11.0. The summed E-state index contributed by atoms with van der Waals surface area (Å²) in [5.41, 5.74) is 0.690. The number of nitriles is 2. The van der Waals surface area contributed by atoms with E-state index in [2.05, 4.69) is 26.0 Å². The molecule has 0 aliphatic carbocycles. The van der Waals surface area contributed by atoms with Crippen molar-refractivity contribution in [3.05, 3.63) is 23.3 Å². The second kappa shape index (κ2) is 9.33. The highest BCUT2D eigenvalue weighted by atomic mass is 16.7. The van der Waals surface area contributed by atoms with Gasteiger partial charge < -0.3 is 9.47 Å². The van der Waals surface area contributed by atoms with Gasteiger partial charge in [-0.2, -0.15) is 10.5 Å². The van der Waals surface area contributed by atoms with E-state index in [9.17, 15) is 10.5 Å². The Morgan fingerprint density at radius 3 is 1.56 bits per heavy atom. The van der Waals surface area contributed by atoms with E-state index in [1.807, 2.05) is 0 Å². The number of hydrogen-bond donors (Lipinski definition) is 0. The highest BCUT2D eigenvalue weighted by Crippen LogP contribution is 2.45. The first-order chi connectivity index (χ1) is 12.2. The minimum atomic E-state index is -0.634. The normalized spacial score (nSPS) is 14.1. The van der Waals surface area contributed by atoms with E-state index in [1.54, 1.807) is 12.1 Å². The molecule has 0 amide bonds. The Hall–Kier alpha value is -2.20. The number of ether oxygens (including phenoxy) is 2. The highest BCUT2D eigenvalue weighted by Gasteiger charge is 2.41. The maximum Gasteiger partial charge on any atom is 0.251 e. The summed E-state index contributed by atoms with van der Waals surface area (Å²) in [5, 5.41) is 18.4. The van der Waals surface area contributed by atoms with E-state index in [0.29, 0.717) is 22.6 Å². The number of fused-ring (bicyclic) bond motifs is 1. The van der Waals surface area contributed by atoms with Crippen LogP contribution in [0.15, 0.2) is 12.1 Å². The maximum atomic E-state index is 9.21. The van der Waals surface area contributed by atoms with Crippen LogP contribution in [0.2, 0.25) is 0 Å². The number of hydrogen-bond acceptors (Lipinski definition) is 4. The molecule has 0 radical (unpaired) electrons. The molecule has 1 aromatic carbocycles. The summed E-state index contributed by atoms with van der Waals surface area (Å²) < 4.78 is 12.4. The van der Waals surface area contributed by atoms with Gasteiger partial charge in [0, 0.05) is 25.0 Å². The second-order valence-electron chi connectivity index (χ2n) is 6.80. The molecule has 4 nitrogen and oxygen atoms in total. The Morgan fingerprint density at radius 1 is 0.760 bits per heavy atom. The van der Waals surface area contributed by atoms with Crippen LogP contribution in [0.4, 0.5) is 0 Å². The summed E-state index contributed by atoms with van der Waals surface area (Å²) in [4.78, 5) is 0. The molecule has 134 valence electrons. The van der Waals surface area contributed by atoms with Crippen LogP contribution in [0, 0.1) is 22.7 Å². The summed E-state index contributed by atoms with van der Waals surface area (Å²) in [6, 6.07) is 7.42. The van der Waals surface area contributed by atoms with Gasteiger partial charge in [0.15, 0.2) is 11.5 Å². The predicted molar refractivity (Wildman–Crippen MR) is 97.4 cm³/mol. The van der Waals surface area contributed by atoms with Gasteiger partial charge in [0.2, 0.25) is 0 Å². The molecule has 0 aromatic heterocycles. The van der Waals surface area contributed by atoms with Crippen LogP contribution in [0.25, 0.3) is 0 Å². The maximum absolute atomic E-state index is 9.21. The molecule has 4 heteroatoms. The molecule has 0 atom stereocenters. The molecular formula is C21H28N2O2. The van der Waals surface area contributed by atoms with Crippen LogP contribution < -0.4 is 9.47 Å². The van der Waals surface area contributed by atoms with Crippen molar-refractivity contribution in [3.8, 4) is 23.6 Å². The average molecular weight is 340 g/mol. The second-order valence-corrected chi connectivity index (χ2v) is 6.80. The zero-order valence-corrected chi connectivity index (χ0v) is 15.4. The van der Waals surface area contributed by atoms with Gasteiger partial charge in [-0.25, -0.2) is 0 Å². The predicted octanol–water partition coefficient (Wildman–Crippen LogP) is 5.84. The van der Waals surface area contributed by atoms with E-state index in [0.717, 1.165) is 25.7 Å². The van der Waals surface area contributed by atoms with Crippen molar-refractivity contribution in [1.82, 2.24) is 0 Å². The van der Waals surface area contributed by atoms with Gasteiger partial charge in [0.1, 0.15) is 12.1 Å². The average Bonchev–Trinajstić information content (AvgIpc) is 2.98. The monoisotopic (exact) mass is 340 g/mol. The lowest BCUT2D eigenvalue weighted by Gasteiger charge is -2.28. The standard InChI is InChI=1S/C21H28N2O2/c1-3-5-7-9-11-21(12-10-8-6-4-2)24-19-13-17(15-22)18(16-23)14-20(19)25-21/h13-14H,3-12H2,1-2H3. The van der Waals surface area contributed by atoms with E-state index < -0.39 is 5.79 Å². The molecule has 1 aromatic rings. The molecule has 0 saturated heterocycles. The van der Waals surface area contributed by atoms with Crippen molar-refractivity contribution in [2.75, 3.05) is 0 Å². The lowest BCUT2D eigenvalue weighted by atomic mass is 10.00. The van der Waals surface area contributed by atoms with Crippen LogP contribution in [0.5, 0.6) is 11.5 Å². The van der Waals surface area contributed by atoms with Crippen LogP contribution >= 0.6 is 0 Å². The van der Waals surface area contributed by atoms with E-state index >= 15 is 0 Å². The number of rotatable bonds is 10. The SMILES string of the molecule is CCCCCCC1(CCCCCC)Oc2cc(C#N)c(C#N)cc2O1. The molecule has 0 bridgehead atoms. The molecule has 1 aliphatic rings. The third kappa shape index (κ3) is 4.89. The van der Waals surface area contributed by atoms with Gasteiger partial charge >= 0.3 is 0 Å². The fourth-order valence-electron chi connectivity index (χ4n) is 3.30. The van der Waals surface area contributed by atoms with Crippen LogP contribution in [0.3, 0.4) is 0 Å². The van der Waals surface area contributed by atoms with Crippen LogP contribution in [-0.4, -0.2) is 5.79 Å². The smallest absolute Gasteiger partial charge is 0.251 e. The van der Waals surface area contributed by atoms with Gasteiger partial charge in [-0.1, -0.05) is 52.4 Å². The van der Waals surface area contributed by atoms with Crippen molar-refractivity contribution in [2.45, 2.75) is 83.8 Å². The zero-order valence-electron chi connectivity index (χ0n) is 15.4. The van der Waals surface area contributed by atoms with Crippen molar-refractivity contribution in [1.29, 1.82) is 10.5 Å². The molecule has 25 heavy (non-hydrogen) atoms.